The number of H-pyrrole nitrogens is 1. The van der Waals surface area contributed by atoms with Gasteiger partial charge >= 0.3 is 0 Å². The largest absolute Gasteiger partial charge is 0.379 e. The lowest BCUT2D eigenvalue weighted by Crippen LogP contribution is -2.43. The molecule has 3 rings (SSSR count). The molecular weight excluding hydrogens is 342 g/mol. The first kappa shape index (κ1) is 17.9. The summed E-state index contributed by atoms with van der Waals surface area (Å²) in [4.78, 5) is 15.6. The van der Waals surface area contributed by atoms with Gasteiger partial charge in [0.05, 0.1) is 25.0 Å². The molecule has 1 saturated heterocycles. The van der Waals surface area contributed by atoms with Gasteiger partial charge in [-0.05, 0) is 25.1 Å². The number of rotatable bonds is 5. The van der Waals surface area contributed by atoms with Crippen molar-refractivity contribution in [2.45, 2.75) is 13.0 Å². The number of hydrogen-bond donors (Lipinski definition) is 2. The molecule has 136 valence electrons. The van der Waals surface area contributed by atoms with Crippen LogP contribution in [0.5, 0.6) is 0 Å². The molecule has 8 heteroatoms. The van der Waals surface area contributed by atoms with E-state index in [0.29, 0.717) is 18.9 Å². The highest BCUT2D eigenvalue weighted by Gasteiger charge is 2.34. The predicted molar refractivity (Wildman–Crippen MR) is 96.1 cm³/mol. The maximum Gasteiger partial charge on any atom is 0.268 e. The van der Waals surface area contributed by atoms with Crippen LogP contribution in [0.15, 0.2) is 24.3 Å². The zero-order valence-corrected chi connectivity index (χ0v) is 15.4. The molecule has 0 aliphatic carbocycles. The molecule has 1 aromatic carbocycles. The summed E-state index contributed by atoms with van der Waals surface area (Å²) in [6, 6.07) is 7.41. The predicted octanol–water partition coefficient (Wildman–Crippen LogP) is 1.11. The van der Waals surface area contributed by atoms with Gasteiger partial charge in [0.25, 0.3) is 5.91 Å². The Morgan fingerprint density at radius 2 is 2.08 bits per heavy atom. The van der Waals surface area contributed by atoms with Crippen LogP contribution >= 0.6 is 0 Å². The molecule has 2 aromatic rings. The second kappa shape index (κ2) is 6.78. The van der Waals surface area contributed by atoms with Gasteiger partial charge in [0, 0.05) is 30.9 Å². The molecule has 1 aliphatic heterocycles. The van der Waals surface area contributed by atoms with Crippen LogP contribution in [-0.2, 0) is 14.8 Å². The van der Waals surface area contributed by atoms with Gasteiger partial charge in [0.15, 0.2) is 0 Å². The Bertz CT molecular complexity index is 888. The van der Waals surface area contributed by atoms with E-state index in [2.05, 4.69) is 10.3 Å². The zero-order valence-electron chi connectivity index (χ0n) is 14.6. The van der Waals surface area contributed by atoms with Crippen LogP contribution in [0.25, 0.3) is 10.9 Å². The molecule has 0 saturated carbocycles. The summed E-state index contributed by atoms with van der Waals surface area (Å²) in [6.45, 7) is 2.64. The number of carbonyl (C=O) groups is 1. The van der Waals surface area contributed by atoms with Crippen molar-refractivity contribution in [2.24, 2.45) is 5.92 Å². The molecule has 0 spiro atoms. The molecule has 2 N–H and O–H groups in total. The van der Waals surface area contributed by atoms with Crippen LogP contribution in [-0.4, -0.2) is 62.7 Å². The number of fused-ring (bicyclic) bond motifs is 1. The first-order chi connectivity index (χ1) is 11.8. The van der Waals surface area contributed by atoms with Gasteiger partial charge in [0.2, 0.25) is 10.0 Å². The topological polar surface area (TPSA) is 91.5 Å². The number of nitrogens with zero attached hydrogens (tertiary/aromatic N) is 1. The summed E-state index contributed by atoms with van der Waals surface area (Å²) in [5, 5.41) is 3.88. The van der Waals surface area contributed by atoms with E-state index in [1.165, 1.54) is 18.4 Å². The number of ether oxygens (including phenoxy) is 1. The summed E-state index contributed by atoms with van der Waals surface area (Å²) in [6.07, 6.45) is 0. The summed E-state index contributed by atoms with van der Waals surface area (Å²) >= 11 is 0. The quantitative estimate of drug-likeness (QED) is 0.830. The smallest absolute Gasteiger partial charge is 0.268 e. The van der Waals surface area contributed by atoms with E-state index >= 15 is 0 Å². The molecule has 1 fully saturated rings. The van der Waals surface area contributed by atoms with Crippen LogP contribution in [0.2, 0.25) is 0 Å². The second-order valence-electron chi connectivity index (χ2n) is 6.71. The van der Waals surface area contributed by atoms with Gasteiger partial charge in [-0.3, -0.25) is 4.79 Å². The van der Waals surface area contributed by atoms with Gasteiger partial charge in [-0.15, -0.1) is 0 Å². The Kier molecular flexibility index (Phi) is 4.86. The van der Waals surface area contributed by atoms with E-state index in [1.54, 1.807) is 6.07 Å². The third-order valence-corrected chi connectivity index (χ3v) is 6.48. The first-order valence-corrected chi connectivity index (χ1v) is 9.75. The number of carbonyl (C=O) groups excluding carboxylic acids is 1. The number of aromatic amines is 1. The molecule has 1 amide bonds. The highest BCUT2D eigenvalue weighted by Crippen LogP contribution is 2.20. The standard InChI is InChI=1S/C17H23N3O4S/c1-11-4-5-14-12(6-11)7-15(18-14)17(21)19-16-9-24-8-13(16)10-25(22,23)20(2)3/h4-7,13,16,18H,8-10H2,1-3H3,(H,19,21)/t13-,16-/m0/s1. The minimum atomic E-state index is -3.35. The van der Waals surface area contributed by atoms with Gasteiger partial charge in [0.1, 0.15) is 5.69 Å². The summed E-state index contributed by atoms with van der Waals surface area (Å²) < 4.78 is 30.8. The molecule has 1 aromatic heterocycles. The first-order valence-electron chi connectivity index (χ1n) is 8.14. The van der Waals surface area contributed by atoms with Gasteiger partial charge in [-0.25, -0.2) is 12.7 Å². The molecule has 1 aliphatic rings. The number of sulfonamides is 1. The lowest BCUT2D eigenvalue weighted by molar-refractivity contribution is 0.0922. The molecule has 25 heavy (non-hydrogen) atoms. The van der Waals surface area contributed by atoms with E-state index in [0.717, 1.165) is 16.5 Å². The molecule has 0 unspecified atom stereocenters. The van der Waals surface area contributed by atoms with Gasteiger partial charge in [-0.1, -0.05) is 11.6 Å². The Morgan fingerprint density at radius 1 is 1.32 bits per heavy atom. The average molecular weight is 365 g/mol. The summed E-state index contributed by atoms with van der Waals surface area (Å²) in [5.41, 5.74) is 2.48. The van der Waals surface area contributed by atoms with Crippen molar-refractivity contribution in [3.05, 3.63) is 35.5 Å². The van der Waals surface area contributed by atoms with Crippen LogP contribution in [0.4, 0.5) is 0 Å². The van der Waals surface area contributed by atoms with Crippen molar-refractivity contribution in [3.8, 4) is 0 Å². The molecule has 0 bridgehead atoms. The lowest BCUT2D eigenvalue weighted by Gasteiger charge is -2.20. The van der Waals surface area contributed by atoms with Crippen molar-refractivity contribution in [1.82, 2.24) is 14.6 Å². The fourth-order valence-electron chi connectivity index (χ4n) is 2.96. The van der Waals surface area contributed by atoms with E-state index in [4.69, 9.17) is 4.74 Å². The van der Waals surface area contributed by atoms with Gasteiger partial charge < -0.3 is 15.0 Å². The Hall–Kier alpha value is -1.90. The third kappa shape index (κ3) is 3.86. The van der Waals surface area contributed by atoms with Crippen molar-refractivity contribution >= 4 is 26.8 Å². The van der Waals surface area contributed by atoms with Crippen molar-refractivity contribution < 1.29 is 17.9 Å². The maximum atomic E-state index is 12.5. The number of aromatic nitrogens is 1. The second-order valence-corrected chi connectivity index (χ2v) is 8.94. The number of aryl methyl sites for hydroxylation is 1. The minimum Gasteiger partial charge on any atom is -0.379 e. The highest BCUT2D eigenvalue weighted by molar-refractivity contribution is 7.89. The molecule has 7 nitrogen and oxygen atoms in total. The SMILES string of the molecule is Cc1ccc2[nH]c(C(=O)N[C@H]3COC[C@H]3CS(=O)(=O)N(C)C)cc2c1. The Labute approximate surface area is 147 Å². The van der Waals surface area contributed by atoms with E-state index in [1.807, 2.05) is 25.1 Å². The zero-order chi connectivity index (χ0) is 18.2. The van der Waals surface area contributed by atoms with Crippen molar-refractivity contribution in [1.29, 1.82) is 0 Å². The molecular formula is C17H23N3O4S. The van der Waals surface area contributed by atoms with Crippen molar-refractivity contribution in [2.75, 3.05) is 33.1 Å². The van der Waals surface area contributed by atoms with Crippen LogP contribution in [0.3, 0.4) is 0 Å². The number of nitrogens with one attached hydrogen (secondary N) is 2. The van der Waals surface area contributed by atoms with E-state index in [9.17, 15) is 13.2 Å². The number of amides is 1. The number of benzene rings is 1. The number of hydrogen-bond acceptors (Lipinski definition) is 4. The third-order valence-electron chi connectivity index (χ3n) is 4.52. The van der Waals surface area contributed by atoms with E-state index < -0.39 is 10.0 Å². The van der Waals surface area contributed by atoms with Crippen molar-refractivity contribution in [3.63, 3.8) is 0 Å². The van der Waals surface area contributed by atoms with Crippen LogP contribution in [0.1, 0.15) is 16.1 Å². The minimum absolute atomic E-state index is 0.0448. The highest BCUT2D eigenvalue weighted by atomic mass is 32.2. The molecule has 2 heterocycles. The molecule has 0 radical (unpaired) electrons. The summed E-state index contributed by atoms with van der Waals surface area (Å²) in [5.74, 6) is -0.559. The fraction of sp³-hybridized carbons (Fsp3) is 0.471. The summed E-state index contributed by atoms with van der Waals surface area (Å²) in [7, 11) is -0.336. The van der Waals surface area contributed by atoms with Gasteiger partial charge in [-0.2, -0.15) is 0 Å². The average Bonchev–Trinajstić information content (AvgIpc) is 3.13. The lowest BCUT2D eigenvalue weighted by atomic mass is 10.1. The van der Waals surface area contributed by atoms with Crippen LogP contribution in [0, 0.1) is 12.8 Å². The normalized spacial score (nSPS) is 21.1. The Balaban J connectivity index is 1.72. The Morgan fingerprint density at radius 3 is 2.80 bits per heavy atom. The maximum absolute atomic E-state index is 12.5. The van der Waals surface area contributed by atoms with E-state index in [-0.39, 0.29) is 23.6 Å². The van der Waals surface area contributed by atoms with Crippen LogP contribution < -0.4 is 5.32 Å². The fourth-order valence-corrected chi connectivity index (χ4v) is 4.13. The molecule has 2 atom stereocenters. The monoisotopic (exact) mass is 365 g/mol.